The number of halogens is 1. The maximum Gasteiger partial charge on any atom is 0.241 e. The Morgan fingerprint density at radius 1 is 1.07 bits per heavy atom. The molecule has 1 N–H and O–H groups in total. The lowest BCUT2D eigenvalue weighted by molar-refractivity contribution is -0.120. The van der Waals surface area contributed by atoms with E-state index in [9.17, 15) is 21.6 Å². The van der Waals surface area contributed by atoms with E-state index in [0.29, 0.717) is 15.7 Å². The number of hydrogen-bond acceptors (Lipinski definition) is 5. The number of sulfone groups is 1. The van der Waals surface area contributed by atoms with Crippen LogP contribution in [0, 0.1) is 0 Å². The van der Waals surface area contributed by atoms with Gasteiger partial charge in [0, 0.05) is 10.7 Å². The molecule has 0 aromatic heterocycles. The largest absolute Gasteiger partial charge is 0.348 e. The molecule has 0 radical (unpaired) electrons. The molecule has 1 unspecified atom stereocenters. The van der Waals surface area contributed by atoms with Crippen molar-refractivity contribution < 1.29 is 21.6 Å². The van der Waals surface area contributed by atoms with Gasteiger partial charge in [0.05, 0.1) is 22.9 Å². The van der Waals surface area contributed by atoms with Gasteiger partial charge < -0.3 is 5.32 Å². The molecule has 0 saturated carbocycles. The minimum Gasteiger partial charge on any atom is -0.348 e. The molecule has 1 amide bonds. The first-order valence-electron chi connectivity index (χ1n) is 8.20. The highest BCUT2D eigenvalue weighted by molar-refractivity contribution is 9.10. The van der Waals surface area contributed by atoms with Crippen molar-refractivity contribution in [3.8, 4) is 0 Å². The van der Waals surface area contributed by atoms with E-state index in [0.717, 1.165) is 16.8 Å². The monoisotopic (exact) mass is 488 g/mol. The molecular formula is C18H21BrN2O5S2. The van der Waals surface area contributed by atoms with Crippen molar-refractivity contribution in [3.05, 3.63) is 58.6 Å². The van der Waals surface area contributed by atoms with Crippen molar-refractivity contribution in [3.63, 3.8) is 0 Å². The fourth-order valence-corrected chi connectivity index (χ4v) is 4.40. The molecular weight excluding hydrogens is 468 g/mol. The van der Waals surface area contributed by atoms with Gasteiger partial charge in [0.25, 0.3) is 0 Å². The van der Waals surface area contributed by atoms with Gasteiger partial charge in [0.15, 0.2) is 9.84 Å². The van der Waals surface area contributed by atoms with Crippen LogP contribution in [0.5, 0.6) is 0 Å². The smallest absolute Gasteiger partial charge is 0.241 e. The summed E-state index contributed by atoms with van der Waals surface area (Å²) < 4.78 is 49.1. The molecule has 1 atom stereocenters. The van der Waals surface area contributed by atoms with E-state index in [2.05, 4.69) is 21.2 Å². The average Bonchev–Trinajstić information content (AvgIpc) is 2.58. The molecule has 0 fully saturated rings. The summed E-state index contributed by atoms with van der Waals surface area (Å²) in [5.41, 5.74) is 1.08. The van der Waals surface area contributed by atoms with Gasteiger partial charge in [-0.1, -0.05) is 34.1 Å². The first-order chi connectivity index (χ1) is 12.9. The number of hydrogen-bond donors (Lipinski definition) is 1. The van der Waals surface area contributed by atoms with Crippen LogP contribution in [-0.2, 0) is 24.7 Å². The van der Waals surface area contributed by atoms with Crippen LogP contribution in [0.2, 0.25) is 0 Å². The second-order valence-electron chi connectivity index (χ2n) is 6.38. The highest BCUT2D eigenvalue weighted by atomic mass is 79.9. The minimum absolute atomic E-state index is 0.188. The van der Waals surface area contributed by atoms with Gasteiger partial charge in [-0.25, -0.2) is 16.8 Å². The Kier molecular flexibility index (Phi) is 6.89. The second kappa shape index (κ2) is 8.62. The van der Waals surface area contributed by atoms with Gasteiger partial charge in [-0.05, 0) is 42.8 Å². The van der Waals surface area contributed by atoms with Crippen molar-refractivity contribution in [1.29, 1.82) is 0 Å². The van der Waals surface area contributed by atoms with Crippen molar-refractivity contribution in [1.82, 2.24) is 5.32 Å². The summed E-state index contributed by atoms with van der Waals surface area (Å²) in [6.07, 6.45) is 2.16. The molecule has 2 aromatic carbocycles. The maximum atomic E-state index is 12.4. The minimum atomic E-state index is -3.67. The summed E-state index contributed by atoms with van der Waals surface area (Å²) in [4.78, 5) is 12.6. The normalized spacial score (nSPS) is 13.0. The lowest BCUT2D eigenvalue weighted by atomic mass is 10.1. The fourth-order valence-electron chi connectivity index (χ4n) is 2.54. The predicted octanol–water partition coefficient (Wildman–Crippen LogP) is 2.50. The SMILES string of the molecule is CC(NC(=O)CN(c1cccc(Br)c1)S(C)(=O)=O)c1ccc(S(C)(=O)=O)cc1. The summed E-state index contributed by atoms with van der Waals surface area (Å²) >= 11 is 3.29. The van der Waals surface area contributed by atoms with Crippen LogP contribution in [0.4, 0.5) is 5.69 Å². The number of anilines is 1. The third-order valence-corrected chi connectivity index (χ3v) is 6.73. The summed E-state index contributed by atoms with van der Waals surface area (Å²) in [5, 5.41) is 2.74. The number of nitrogens with zero attached hydrogens (tertiary/aromatic N) is 1. The Morgan fingerprint density at radius 2 is 1.68 bits per heavy atom. The Morgan fingerprint density at radius 3 is 2.18 bits per heavy atom. The van der Waals surface area contributed by atoms with E-state index < -0.39 is 31.8 Å². The van der Waals surface area contributed by atoms with Crippen LogP contribution in [0.15, 0.2) is 57.9 Å². The van der Waals surface area contributed by atoms with Crippen LogP contribution in [0.3, 0.4) is 0 Å². The number of carbonyl (C=O) groups is 1. The third-order valence-electron chi connectivity index (χ3n) is 3.97. The van der Waals surface area contributed by atoms with E-state index in [4.69, 9.17) is 0 Å². The number of nitrogens with one attached hydrogen (secondary N) is 1. The van der Waals surface area contributed by atoms with Gasteiger partial charge in [-0.2, -0.15) is 0 Å². The zero-order valence-corrected chi connectivity index (χ0v) is 18.8. The molecule has 0 heterocycles. The number of rotatable bonds is 7. The molecule has 0 spiro atoms. The molecule has 7 nitrogen and oxygen atoms in total. The van der Waals surface area contributed by atoms with Gasteiger partial charge in [0.1, 0.15) is 6.54 Å². The standard InChI is InChI=1S/C18H21BrN2O5S2/c1-13(14-7-9-17(10-8-14)27(2,23)24)20-18(22)12-21(28(3,25)26)16-6-4-5-15(19)11-16/h4-11,13H,12H2,1-3H3,(H,20,22). The molecule has 0 bridgehead atoms. The van der Waals surface area contributed by atoms with Crippen molar-refractivity contribution in [2.45, 2.75) is 17.9 Å². The molecule has 152 valence electrons. The molecule has 2 rings (SSSR count). The van der Waals surface area contributed by atoms with Crippen LogP contribution < -0.4 is 9.62 Å². The van der Waals surface area contributed by atoms with Gasteiger partial charge in [0.2, 0.25) is 15.9 Å². The second-order valence-corrected chi connectivity index (χ2v) is 11.2. The number of carbonyl (C=O) groups excluding carboxylic acids is 1. The quantitative estimate of drug-likeness (QED) is 0.644. The Bertz CT molecular complexity index is 1070. The van der Waals surface area contributed by atoms with E-state index in [-0.39, 0.29) is 11.4 Å². The van der Waals surface area contributed by atoms with Crippen molar-refractivity contribution in [2.75, 3.05) is 23.4 Å². The molecule has 0 aliphatic carbocycles. The molecule has 0 aliphatic heterocycles. The molecule has 2 aromatic rings. The number of sulfonamides is 1. The van der Waals surface area contributed by atoms with E-state index in [1.54, 1.807) is 43.3 Å². The van der Waals surface area contributed by atoms with Crippen LogP contribution >= 0.6 is 15.9 Å². The van der Waals surface area contributed by atoms with Crippen molar-refractivity contribution in [2.24, 2.45) is 0 Å². The van der Waals surface area contributed by atoms with Gasteiger partial charge in [-0.15, -0.1) is 0 Å². The lowest BCUT2D eigenvalue weighted by Gasteiger charge is -2.23. The zero-order valence-electron chi connectivity index (χ0n) is 15.6. The van der Waals surface area contributed by atoms with E-state index in [1.807, 2.05) is 0 Å². The summed E-state index contributed by atoms with van der Waals surface area (Å²) in [6, 6.07) is 12.4. The Labute approximate surface area is 173 Å². The first-order valence-corrected chi connectivity index (χ1v) is 12.7. The molecule has 0 saturated heterocycles. The topological polar surface area (TPSA) is 101 Å². The lowest BCUT2D eigenvalue weighted by Crippen LogP contribution is -2.41. The fraction of sp³-hybridized carbons (Fsp3) is 0.278. The first kappa shape index (κ1) is 22.4. The average molecular weight is 489 g/mol. The van der Waals surface area contributed by atoms with Gasteiger partial charge >= 0.3 is 0 Å². The highest BCUT2D eigenvalue weighted by Gasteiger charge is 2.22. The van der Waals surface area contributed by atoms with Gasteiger partial charge in [-0.3, -0.25) is 9.10 Å². The summed E-state index contributed by atoms with van der Waals surface area (Å²) in [6.45, 7) is 1.36. The van der Waals surface area contributed by atoms with Crippen LogP contribution in [0.25, 0.3) is 0 Å². The Balaban J connectivity index is 2.14. The maximum absolute atomic E-state index is 12.4. The molecule has 10 heteroatoms. The van der Waals surface area contributed by atoms with E-state index >= 15 is 0 Å². The number of benzene rings is 2. The zero-order chi connectivity index (χ0) is 21.1. The highest BCUT2D eigenvalue weighted by Crippen LogP contribution is 2.22. The third kappa shape index (κ3) is 6.05. The van der Waals surface area contributed by atoms with E-state index in [1.165, 1.54) is 12.1 Å². The summed E-state index contributed by atoms with van der Waals surface area (Å²) in [5.74, 6) is -0.481. The molecule has 28 heavy (non-hydrogen) atoms. The summed E-state index contributed by atoms with van der Waals surface area (Å²) in [7, 11) is -6.97. The number of amides is 1. The van der Waals surface area contributed by atoms with Crippen molar-refractivity contribution >= 4 is 47.4 Å². The van der Waals surface area contributed by atoms with Crippen LogP contribution in [0.1, 0.15) is 18.5 Å². The predicted molar refractivity (Wildman–Crippen MR) is 112 cm³/mol. The molecule has 0 aliphatic rings. The Hall–Kier alpha value is -1.91. The van der Waals surface area contributed by atoms with Crippen LogP contribution in [-0.4, -0.2) is 41.8 Å².